The number of nitrogens with one attached hydrogen (secondary N) is 2. The van der Waals surface area contributed by atoms with E-state index in [4.69, 9.17) is 5.73 Å². The van der Waals surface area contributed by atoms with Gasteiger partial charge >= 0.3 is 0 Å². The van der Waals surface area contributed by atoms with E-state index in [-0.39, 0.29) is 5.91 Å². The van der Waals surface area contributed by atoms with Gasteiger partial charge in [-0.25, -0.2) is 0 Å². The van der Waals surface area contributed by atoms with E-state index in [1.165, 1.54) is 0 Å². The fraction of sp³-hybridized carbons (Fsp3) is 0.133. The van der Waals surface area contributed by atoms with Gasteiger partial charge in [0.25, 0.3) is 5.91 Å². The lowest BCUT2D eigenvalue weighted by atomic mass is 10.1. The third kappa shape index (κ3) is 3.25. The molecule has 0 aliphatic heterocycles. The van der Waals surface area contributed by atoms with Crippen molar-refractivity contribution in [2.45, 2.75) is 6.54 Å². The predicted molar refractivity (Wildman–Crippen MR) is 78.0 cm³/mol. The summed E-state index contributed by atoms with van der Waals surface area (Å²) in [5.74, 6) is -0.122. The average molecular weight is 255 g/mol. The molecule has 0 saturated carbocycles. The van der Waals surface area contributed by atoms with E-state index in [0.29, 0.717) is 17.8 Å². The Bertz CT molecular complexity index is 567. The Kier molecular flexibility index (Phi) is 4.03. The Labute approximate surface area is 112 Å². The van der Waals surface area contributed by atoms with Crippen LogP contribution in [0.2, 0.25) is 0 Å². The Balaban J connectivity index is 2.13. The molecule has 0 aliphatic rings. The van der Waals surface area contributed by atoms with Gasteiger partial charge in [-0.1, -0.05) is 30.3 Å². The first-order valence-electron chi connectivity index (χ1n) is 6.10. The van der Waals surface area contributed by atoms with Crippen molar-refractivity contribution in [3.05, 3.63) is 59.7 Å². The summed E-state index contributed by atoms with van der Waals surface area (Å²) >= 11 is 0. The van der Waals surface area contributed by atoms with Crippen LogP contribution in [0.25, 0.3) is 0 Å². The maximum absolute atomic E-state index is 11.6. The Morgan fingerprint density at radius 3 is 2.58 bits per heavy atom. The quantitative estimate of drug-likeness (QED) is 0.734. The van der Waals surface area contributed by atoms with Crippen molar-refractivity contribution in [1.29, 1.82) is 0 Å². The summed E-state index contributed by atoms with van der Waals surface area (Å²) < 4.78 is 0. The molecule has 0 aromatic heterocycles. The Morgan fingerprint density at radius 2 is 1.89 bits per heavy atom. The van der Waals surface area contributed by atoms with E-state index in [1.54, 1.807) is 25.2 Å². The first kappa shape index (κ1) is 13.0. The van der Waals surface area contributed by atoms with Crippen LogP contribution < -0.4 is 16.4 Å². The molecule has 0 heterocycles. The van der Waals surface area contributed by atoms with Gasteiger partial charge < -0.3 is 16.4 Å². The minimum absolute atomic E-state index is 0.122. The van der Waals surface area contributed by atoms with Crippen molar-refractivity contribution in [1.82, 2.24) is 5.32 Å². The second-order valence-electron chi connectivity index (χ2n) is 4.22. The van der Waals surface area contributed by atoms with Crippen molar-refractivity contribution < 1.29 is 4.79 Å². The molecule has 2 rings (SSSR count). The largest absolute Gasteiger partial charge is 0.397 e. The average Bonchev–Trinajstić information content (AvgIpc) is 2.46. The van der Waals surface area contributed by atoms with Crippen LogP contribution in [0.3, 0.4) is 0 Å². The summed E-state index contributed by atoms with van der Waals surface area (Å²) in [6.07, 6.45) is 0. The van der Waals surface area contributed by atoms with Gasteiger partial charge in [0.05, 0.1) is 11.4 Å². The number of nitrogen functional groups attached to an aromatic ring is 1. The first-order valence-corrected chi connectivity index (χ1v) is 6.10. The Hall–Kier alpha value is -2.49. The minimum Gasteiger partial charge on any atom is -0.397 e. The maximum atomic E-state index is 11.6. The van der Waals surface area contributed by atoms with Crippen LogP contribution in [0, 0.1) is 0 Å². The van der Waals surface area contributed by atoms with Crippen LogP contribution in [-0.4, -0.2) is 13.0 Å². The van der Waals surface area contributed by atoms with E-state index in [1.807, 2.05) is 30.3 Å². The highest BCUT2D eigenvalue weighted by Crippen LogP contribution is 2.20. The summed E-state index contributed by atoms with van der Waals surface area (Å²) in [4.78, 5) is 11.6. The molecule has 4 N–H and O–H groups in total. The number of hydrogen-bond donors (Lipinski definition) is 3. The number of rotatable bonds is 4. The Morgan fingerprint density at radius 1 is 1.16 bits per heavy atom. The molecule has 1 amide bonds. The minimum atomic E-state index is -0.122. The van der Waals surface area contributed by atoms with Crippen molar-refractivity contribution in [3.63, 3.8) is 0 Å². The molecule has 0 bridgehead atoms. The van der Waals surface area contributed by atoms with Gasteiger partial charge in [-0.15, -0.1) is 0 Å². The zero-order chi connectivity index (χ0) is 13.7. The fourth-order valence-corrected chi connectivity index (χ4v) is 1.79. The fourth-order valence-electron chi connectivity index (χ4n) is 1.79. The lowest BCUT2D eigenvalue weighted by Gasteiger charge is -2.11. The van der Waals surface area contributed by atoms with Crippen LogP contribution in [-0.2, 0) is 6.54 Å². The molecule has 0 aliphatic carbocycles. The second kappa shape index (κ2) is 5.91. The number of carbonyl (C=O) groups is 1. The molecular formula is C15H17N3O. The molecule has 0 saturated heterocycles. The van der Waals surface area contributed by atoms with Crippen molar-refractivity contribution >= 4 is 17.3 Å². The summed E-state index contributed by atoms with van der Waals surface area (Å²) in [7, 11) is 1.61. The number of carbonyl (C=O) groups excluding carboxylic acids is 1. The summed E-state index contributed by atoms with van der Waals surface area (Å²) in [5, 5.41) is 5.84. The molecule has 98 valence electrons. The molecule has 0 radical (unpaired) electrons. The SMILES string of the molecule is CNC(=O)c1ccc(N)c(NCc2ccccc2)c1. The summed E-state index contributed by atoms with van der Waals surface area (Å²) in [6, 6.07) is 15.2. The highest BCUT2D eigenvalue weighted by Gasteiger charge is 2.06. The molecular weight excluding hydrogens is 238 g/mol. The molecule has 4 nitrogen and oxygen atoms in total. The third-order valence-corrected chi connectivity index (χ3v) is 2.87. The molecule has 2 aromatic carbocycles. The van der Waals surface area contributed by atoms with Crippen LogP contribution in [0.1, 0.15) is 15.9 Å². The van der Waals surface area contributed by atoms with Crippen molar-refractivity contribution in [2.75, 3.05) is 18.1 Å². The smallest absolute Gasteiger partial charge is 0.251 e. The monoisotopic (exact) mass is 255 g/mol. The molecule has 0 fully saturated rings. The van der Waals surface area contributed by atoms with E-state index >= 15 is 0 Å². The zero-order valence-corrected chi connectivity index (χ0v) is 10.8. The van der Waals surface area contributed by atoms with Crippen LogP contribution >= 0.6 is 0 Å². The molecule has 0 atom stereocenters. The van der Waals surface area contributed by atoms with Gasteiger partial charge in [-0.3, -0.25) is 4.79 Å². The van der Waals surface area contributed by atoms with Crippen molar-refractivity contribution in [2.24, 2.45) is 0 Å². The number of hydrogen-bond acceptors (Lipinski definition) is 3. The number of benzene rings is 2. The van der Waals surface area contributed by atoms with Gasteiger partial charge in [-0.2, -0.15) is 0 Å². The van der Waals surface area contributed by atoms with Crippen LogP contribution in [0.4, 0.5) is 11.4 Å². The van der Waals surface area contributed by atoms with E-state index in [2.05, 4.69) is 10.6 Å². The van der Waals surface area contributed by atoms with Crippen molar-refractivity contribution in [3.8, 4) is 0 Å². The second-order valence-corrected chi connectivity index (χ2v) is 4.22. The molecule has 2 aromatic rings. The molecule has 0 spiro atoms. The lowest BCUT2D eigenvalue weighted by Crippen LogP contribution is -2.18. The van der Waals surface area contributed by atoms with Gasteiger partial charge in [-0.05, 0) is 23.8 Å². The zero-order valence-electron chi connectivity index (χ0n) is 10.8. The molecule has 19 heavy (non-hydrogen) atoms. The van der Waals surface area contributed by atoms with Crippen LogP contribution in [0.15, 0.2) is 48.5 Å². The normalized spacial score (nSPS) is 9.95. The standard InChI is InChI=1S/C15H17N3O/c1-17-15(19)12-7-8-13(16)14(9-12)18-10-11-5-3-2-4-6-11/h2-9,18H,10,16H2,1H3,(H,17,19). The topological polar surface area (TPSA) is 67.2 Å². The van der Waals surface area contributed by atoms with E-state index in [0.717, 1.165) is 11.3 Å². The highest BCUT2D eigenvalue weighted by molar-refractivity contribution is 5.96. The van der Waals surface area contributed by atoms with Gasteiger partial charge in [0, 0.05) is 19.2 Å². The summed E-state index contributed by atoms with van der Waals surface area (Å²) in [5.41, 5.74) is 9.05. The van der Waals surface area contributed by atoms with E-state index in [9.17, 15) is 4.79 Å². The third-order valence-electron chi connectivity index (χ3n) is 2.87. The summed E-state index contributed by atoms with van der Waals surface area (Å²) in [6.45, 7) is 0.669. The highest BCUT2D eigenvalue weighted by atomic mass is 16.1. The van der Waals surface area contributed by atoms with Gasteiger partial charge in [0.2, 0.25) is 0 Å². The lowest BCUT2D eigenvalue weighted by molar-refractivity contribution is 0.0963. The van der Waals surface area contributed by atoms with Gasteiger partial charge in [0.1, 0.15) is 0 Å². The maximum Gasteiger partial charge on any atom is 0.251 e. The number of anilines is 2. The van der Waals surface area contributed by atoms with E-state index < -0.39 is 0 Å². The molecule has 0 unspecified atom stereocenters. The molecule has 4 heteroatoms. The van der Waals surface area contributed by atoms with Gasteiger partial charge in [0.15, 0.2) is 0 Å². The van der Waals surface area contributed by atoms with Crippen LogP contribution in [0.5, 0.6) is 0 Å². The first-order chi connectivity index (χ1) is 9.20. The number of amides is 1. The predicted octanol–water partition coefficient (Wildman–Crippen LogP) is 2.24. The number of nitrogens with two attached hydrogens (primary N) is 1.